The molecule has 0 aromatic heterocycles. The van der Waals surface area contributed by atoms with Crippen LogP contribution in [0.3, 0.4) is 0 Å². The van der Waals surface area contributed by atoms with Crippen LogP contribution in [0.1, 0.15) is 214 Å². The first-order valence-corrected chi connectivity index (χ1v) is 45.0. The lowest BCUT2D eigenvalue weighted by Gasteiger charge is -2.30. The molecular formula is C102H105B2Br2F15N4O21. The number of para-hydroxylation sites is 2. The molecule has 9 aromatic carbocycles. The lowest BCUT2D eigenvalue weighted by atomic mass is 9.81. The van der Waals surface area contributed by atoms with Crippen molar-refractivity contribution in [3.63, 3.8) is 0 Å². The third kappa shape index (κ3) is 32.7. The topological polar surface area (TPSA) is 396 Å². The molecule has 6 aliphatic carbocycles. The molecule has 1 amide bonds. The average Bonchev–Trinajstić information content (AvgIpc) is 1.60. The number of aliphatic hydroxyl groups excluding tert-OH is 1. The number of halogens is 17. The number of esters is 4. The van der Waals surface area contributed by atoms with Gasteiger partial charge in [0.1, 0.15) is 33.7 Å². The van der Waals surface area contributed by atoms with Crippen molar-refractivity contribution in [3.05, 3.63) is 314 Å². The summed E-state index contributed by atoms with van der Waals surface area (Å²) < 4.78 is 238. The monoisotopic (exact) mass is 2190 g/mol. The van der Waals surface area contributed by atoms with Crippen molar-refractivity contribution in [1.29, 1.82) is 0 Å². The number of terminal acetylenes is 1. The number of rotatable bonds is 21. The summed E-state index contributed by atoms with van der Waals surface area (Å²) in [6, 6.07) is 22.9. The molecule has 6 aliphatic rings. The summed E-state index contributed by atoms with van der Waals surface area (Å²) in [4.78, 5) is 118. The first-order valence-electron chi connectivity index (χ1n) is 44.8. The van der Waals surface area contributed by atoms with Gasteiger partial charge in [-0.3, -0.25) is 28.4 Å². The maximum Gasteiger partial charge on any atom is 0.394 e. The normalized spacial score (nSPS) is 14.0. The van der Waals surface area contributed by atoms with E-state index in [0.717, 1.165) is 104 Å². The summed E-state index contributed by atoms with van der Waals surface area (Å²) in [6.45, 7) is 17.7. The number of hydrogen-bond acceptors (Lipinski definition) is 19. The van der Waals surface area contributed by atoms with Crippen LogP contribution in [0.15, 0.2) is 121 Å². The molecule has 44 heteroatoms. The fraction of sp³-hybridized carbons (Fsp3) is 0.343. The second kappa shape index (κ2) is 58.0. The highest BCUT2D eigenvalue weighted by Gasteiger charge is 2.53. The summed E-state index contributed by atoms with van der Waals surface area (Å²) in [5.41, 5.74) is 11.6. The molecule has 2 saturated carbocycles. The Morgan fingerprint density at radius 1 is 0.445 bits per heavy atom. The maximum atomic E-state index is 13.8. The van der Waals surface area contributed by atoms with Gasteiger partial charge in [-0.05, 0) is 260 Å². The van der Waals surface area contributed by atoms with Crippen LogP contribution < -0.4 is 26.3 Å². The van der Waals surface area contributed by atoms with E-state index in [1.54, 1.807) is 52.0 Å². The van der Waals surface area contributed by atoms with E-state index in [1.807, 2.05) is 26.0 Å². The number of alkyl halides is 2. The highest BCUT2D eigenvalue weighted by molar-refractivity contribution is 9.18. The number of nitrogens with zero attached hydrogens (tertiary/aromatic N) is 1. The van der Waals surface area contributed by atoms with Gasteiger partial charge >= 0.3 is 53.3 Å². The molecule has 4 radical (unpaired) electrons. The van der Waals surface area contributed by atoms with Crippen LogP contribution in [0, 0.1) is 115 Å². The standard InChI is InChI=1S/C24H25F2NO4.C13H11F2NO2.2C12H13F2NO2.C12H14O3.C8H4Br2F2O.C8H4F2O4.C8H6F2O3.C2H2.CH3F.2CH4.B2.H2/c1-3-30-23(29)24(12-15-10-19(25)20(26)11-16(15)13-24)27-22(28)18-9-4-6-14(2)21(18)31-17-7-5-8-17;1-3-18-12(17)13(16-2)6-8-4-10(14)11(15)5-9(8)7-13;2*1-2-17-11(16)12(15)5-7-3-9(13)10(14)4-8(7)6-12;1-8-4-2-7-10(12(13)14)11(8)15-9-5-3-6-9;9-3-4-1-6(11)7(12)2-5(4)8(10)13;9-5-1-3(7(11)12)4(8(13)14)2-6(5)10;9-6-1-4(3-11)5(8(12)13)2-7(6)10;2*1-2;;;1-2;/h4,6,9-11,17H,3,5,7-8,12-13H2,1-2H3,(H,27,28);4-5H,3,6-7H2,1H3;2*3-4H,2,5-6,15H2,1H3;2,4,7,9H,3,5-6H2,1H3,(H,13,14);1-2H,3H2;1-2H,(H,11,12)(H,13,14);1-2,11H,3H2,(H,12,13);1-2H;1H3;2*1H4;;1H/i;;;;;;;;;1D;;;;1+1D. The molecular weight excluding hydrogens is 2080 g/mol. The van der Waals surface area contributed by atoms with Gasteiger partial charge in [-0.2, -0.15) is 0 Å². The molecule has 9 aromatic rings. The third-order valence-corrected chi connectivity index (χ3v) is 23.4. The molecule has 0 spiro atoms. The zero-order valence-corrected chi connectivity index (χ0v) is 80.8. The van der Waals surface area contributed by atoms with Crippen molar-refractivity contribution in [2.75, 3.05) is 33.6 Å². The Kier molecular flexibility index (Phi) is 48.8. The van der Waals surface area contributed by atoms with Crippen molar-refractivity contribution in [2.24, 2.45) is 11.5 Å². The summed E-state index contributed by atoms with van der Waals surface area (Å²) in [7, 11) is 7.00. The van der Waals surface area contributed by atoms with E-state index in [9.17, 15) is 114 Å². The lowest BCUT2D eigenvalue weighted by Crippen LogP contribution is -2.56. The fourth-order valence-corrected chi connectivity index (χ4v) is 15.7. The van der Waals surface area contributed by atoms with E-state index in [4.69, 9.17) is 76.3 Å². The van der Waals surface area contributed by atoms with Crippen LogP contribution in [0.2, 0.25) is 0 Å². The largest absolute Gasteiger partial charge is 0.489 e. The second-order valence-corrected chi connectivity index (χ2v) is 33.4. The zero-order valence-electron chi connectivity index (χ0n) is 80.7. The Hall–Kier alpha value is -13.6. The molecule has 2 fully saturated rings. The number of hydrogen-bond donors (Lipinski definition) is 8. The molecule has 0 atom stereocenters. The Morgan fingerprint density at radius 2 is 0.712 bits per heavy atom. The number of aromatic carboxylic acids is 4. The van der Waals surface area contributed by atoms with Crippen molar-refractivity contribution >= 4 is 106 Å². The predicted molar refractivity (Wildman–Crippen MR) is 517 cm³/mol. The minimum atomic E-state index is -1.62. The highest BCUT2D eigenvalue weighted by Crippen LogP contribution is 2.40. The van der Waals surface area contributed by atoms with E-state index in [2.05, 4.69) is 70.3 Å². The Balaban J connectivity index is 0.000000577. The number of amides is 1. The first-order chi connectivity index (χ1) is 69.4. The van der Waals surface area contributed by atoms with Crippen LogP contribution in [0.5, 0.6) is 11.5 Å². The second-order valence-electron chi connectivity index (χ2n) is 32.1. The molecule has 10 N–H and O–H groups in total. The van der Waals surface area contributed by atoms with E-state index in [0.29, 0.717) is 96.7 Å². The molecule has 25 nitrogen and oxygen atoms in total. The van der Waals surface area contributed by atoms with Crippen molar-refractivity contribution in [1.82, 2.24) is 5.32 Å². The predicted octanol–water partition coefficient (Wildman–Crippen LogP) is 19.1. The van der Waals surface area contributed by atoms with Crippen LogP contribution in [-0.4, -0.2) is 167 Å². The highest BCUT2D eigenvalue weighted by atomic mass is 79.9. The van der Waals surface area contributed by atoms with Gasteiger partial charge < -0.3 is 70.7 Å². The lowest BCUT2D eigenvalue weighted by molar-refractivity contribution is -0.151. The number of carbonyl (C=O) groups excluding carboxylic acids is 6. The molecule has 784 valence electrons. The number of aliphatic hydroxyl groups is 1. The van der Waals surface area contributed by atoms with Crippen molar-refractivity contribution < 1.29 is 172 Å². The van der Waals surface area contributed by atoms with Gasteiger partial charge in [-0.1, -0.05) is 55.0 Å². The van der Waals surface area contributed by atoms with Crippen LogP contribution in [0.25, 0.3) is 4.85 Å². The third-order valence-electron chi connectivity index (χ3n) is 22.3. The van der Waals surface area contributed by atoms with Crippen molar-refractivity contribution in [2.45, 2.75) is 193 Å². The number of nitrogens with one attached hydrogen (secondary N) is 1. The number of ether oxygens (including phenoxy) is 6. The van der Waals surface area contributed by atoms with Gasteiger partial charge in [-0.25, -0.2) is 96.8 Å². The van der Waals surface area contributed by atoms with Gasteiger partial charge in [0.2, 0.25) is 4.69 Å². The van der Waals surface area contributed by atoms with E-state index in [-0.39, 0.29) is 122 Å². The van der Waals surface area contributed by atoms with Crippen molar-refractivity contribution in [3.8, 4) is 24.3 Å². The van der Waals surface area contributed by atoms with Gasteiger partial charge in [-0.15, -0.1) is 12.8 Å². The smallest absolute Gasteiger partial charge is 0.394 e. The number of carbonyl (C=O) groups is 10. The van der Waals surface area contributed by atoms with Gasteiger partial charge in [0.25, 0.3) is 5.91 Å². The molecule has 0 aliphatic heterocycles. The number of carboxylic acids is 4. The molecule has 0 saturated heterocycles. The summed E-state index contributed by atoms with van der Waals surface area (Å²) >= 11 is 5.76. The Labute approximate surface area is 855 Å². The summed E-state index contributed by atoms with van der Waals surface area (Å²) in [6.07, 6.45) is 15.4. The quantitative estimate of drug-likeness (QED) is 0.00484. The maximum absolute atomic E-state index is 13.8. The van der Waals surface area contributed by atoms with Gasteiger partial charge in [0, 0.05) is 67.9 Å². The number of carboxylic acid groups (broad SMARTS) is 4. The van der Waals surface area contributed by atoms with Gasteiger partial charge in [0.15, 0.2) is 81.4 Å². The minimum Gasteiger partial charge on any atom is -0.489 e. The SMILES string of the molecule is C.C.C#C.CCOC(=O)C1(N)Cc2cc(F)c(F)cc2C1.CCOC(=O)C1(N)Cc2cc(F)c(F)cc2C1.CCOC(=O)C1(NC(=O)c2cccc(C)c2OC2CCC2)Cc2cc(F)c(F)cc2C1.Cc1cccc(C(=O)O)c1OC1CCC1.O=C(Br)c1cc(F)c(F)cc1CBr.O=C(O)c1cc(F)c(F)cc1C(=O)O.O=C(O)c1cc(F)c(F)cc1CO.[2H]CF.[2H][2H].[B][B].[C-]#[N+]C1(C(=O)OCC)Cc2cc(F)c(F)cc2C1. The van der Waals surface area contributed by atoms with E-state index >= 15 is 0 Å². The Morgan fingerprint density at radius 3 is 1.00 bits per heavy atom. The molecule has 0 heterocycles. The zero-order chi connectivity index (χ0) is 111. The number of benzene rings is 9. The average molecular weight is 2190 g/mol. The van der Waals surface area contributed by atoms with Crippen LogP contribution in [-0.2, 0) is 101 Å². The number of fused-ring (bicyclic) bond motifs is 4. The fourth-order valence-electron chi connectivity index (χ4n) is 14.9. The van der Waals surface area contributed by atoms with E-state index < -0.39 is 192 Å². The molecule has 0 bridgehead atoms. The minimum absolute atomic E-state index is 0. The number of aryl methyl sites for hydroxylation is 2. The summed E-state index contributed by atoms with van der Waals surface area (Å²) in [5, 5.41) is 46.2. The first kappa shape index (κ1) is 123. The van der Waals surface area contributed by atoms with Gasteiger partial charge in [0.05, 0.1) is 88.9 Å². The van der Waals surface area contributed by atoms with Crippen LogP contribution >= 0.6 is 31.9 Å². The van der Waals surface area contributed by atoms with Crippen LogP contribution in [0.4, 0.5) is 65.9 Å². The molecule has 0 unspecified atom stereocenters. The molecule has 15 rings (SSSR count). The summed E-state index contributed by atoms with van der Waals surface area (Å²) in [5.74, 6) is -22.1. The number of nitrogens with two attached hydrogens (primary N) is 2. The Bertz CT molecular complexity index is 5990. The van der Waals surface area contributed by atoms with E-state index in [1.165, 1.54) is 6.42 Å². The molecule has 146 heavy (non-hydrogen) atoms.